The molecular formula is C24H25FN2O4S. The summed E-state index contributed by atoms with van der Waals surface area (Å²) in [6.45, 7) is 7.28. The lowest BCUT2D eigenvalue weighted by molar-refractivity contribution is -0.147. The average Bonchev–Trinajstić information content (AvgIpc) is 3.20. The van der Waals surface area contributed by atoms with E-state index in [0.717, 1.165) is 16.9 Å². The Hall–Kier alpha value is -3.26. The molecule has 0 radical (unpaired) electrons. The maximum absolute atomic E-state index is 14.2. The van der Waals surface area contributed by atoms with Gasteiger partial charge in [0.2, 0.25) is 5.91 Å². The van der Waals surface area contributed by atoms with Gasteiger partial charge in [0.1, 0.15) is 18.2 Å². The fourth-order valence-electron chi connectivity index (χ4n) is 3.23. The molecule has 1 heterocycles. The predicted molar refractivity (Wildman–Crippen MR) is 122 cm³/mol. The van der Waals surface area contributed by atoms with E-state index in [2.05, 4.69) is 18.8 Å². The van der Waals surface area contributed by atoms with Crippen LogP contribution in [0.25, 0.3) is 0 Å². The van der Waals surface area contributed by atoms with E-state index in [-0.39, 0.29) is 24.8 Å². The third kappa shape index (κ3) is 5.70. The van der Waals surface area contributed by atoms with Gasteiger partial charge in [0.05, 0.1) is 11.4 Å². The van der Waals surface area contributed by atoms with Gasteiger partial charge in [0.25, 0.3) is 0 Å². The molecule has 1 amide bonds. The van der Waals surface area contributed by atoms with Crippen molar-refractivity contribution in [3.8, 4) is 5.75 Å². The number of amides is 1. The monoisotopic (exact) mass is 456 g/mol. The molecule has 0 N–H and O–H groups in total. The summed E-state index contributed by atoms with van der Waals surface area (Å²) in [6.07, 6.45) is 0. The van der Waals surface area contributed by atoms with Crippen molar-refractivity contribution in [1.82, 2.24) is 4.98 Å². The summed E-state index contributed by atoms with van der Waals surface area (Å²) in [5.74, 6) is -0.432. The first-order valence-electron chi connectivity index (χ1n) is 10.1. The van der Waals surface area contributed by atoms with Crippen molar-refractivity contribution in [2.75, 3.05) is 11.5 Å². The third-order valence-electron chi connectivity index (χ3n) is 4.74. The molecule has 0 saturated heterocycles. The van der Waals surface area contributed by atoms with E-state index < -0.39 is 11.8 Å². The van der Waals surface area contributed by atoms with E-state index in [1.165, 1.54) is 29.5 Å². The van der Waals surface area contributed by atoms with Crippen LogP contribution < -0.4 is 9.64 Å². The number of aromatic nitrogens is 1. The smallest absolute Gasteiger partial charge is 0.344 e. The van der Waals surface area contributed by atoms with Crippen molar-refractivity contribution in [3.05, 3.63) is 70.5 Å². The number of esters is 1. The molecule has 0 saturated carbocycles. The fourth-order valence-corrected chi connectivity index (χ4v) is 4.09. The van der Waals surface area contributed by atoms with Gasteiger partial charge in [-0.3, -0.25) is 9.69 Å². The van der Waals surface area contributed by atoms with Crippen molar-refractivity contribution in [1.29, 1.82) is 0 Å². The number of halogens is 1. The van der Waals surface area contributed by atoms with Crippen LogP contribution in [0.2, 0.25) is 0 Å². The molecule has 0 unspecified atom stereocenters. The minimum absolute atomic E-state index is 0.0764. The maximum Gasteiger partial charge on any atom is 0.344 e. The lowest BCUT2D eigenvalue weighted by Gasteiger charge is -2.18. The van der Waals surface area contributed by atoms with Gasteiger partial charge < -0.3 is 9.47 Å². The summed E-state index contributed by atoms with van der Waals surface area (Å²) in [7, 11) is 0. The Morgan fingerprint density at radius 1 is 1.19 bits per heavy atom. The zero-order valence-corrected chi connectivity index (χ0v) is 19.2. The van der Waals surface area contributed by atoms with Crippen molar-refractivity contribution < 1.29 is 23.5 Å². The number of hydrogen-bond acceptors (Lipinski definition) is 6. The number of aryl methyl sites for hydroxylation is 1. The second-order valence-corrected chi connectivity index (χ2v) is 8.39. The summed E-state index contributed by atoms with van der Waals surface area (Å²) < 4.78 is 24.9. The average molecular weight is 457 g/mol. The van der Waals surface area contributed by atoms with Gasteiger partial charge in [-0.15, -0.1) is 11.3 Å². The van der Waals surface area contributed by atoms with Gasteiger partial charge in [0.15, 0.2) is 11.7 Å². The van der Waals surface area contributed by atoms with E-state index >= 15 is 0 Å². The van der Waals surface area contributed by atoms with E-state index in [1.54, 1.807) is 17.5 Å². The number of nitrogens with zero attached hydrogens (tertiary/aromatic N) is 2. The van der Waals surface area contributed by atoms with Gasteiger partial charge in [-0.05, 0) is 48.2 Å². The molecule has 0 aliphatic rings. The number of hydrogen-bond donors (Lipinski definition) is 0. The van der Waals surface area contributed by atoms with Crippen LogP contribution in [0, 0.1) is 12.7 Å². The van der Waals surface area contributed by atoms with Crippen LogP contribution in [0.5, 0.6) is 5.75 Å². The number of benzene rings is 2. The van der Waals surface area contributed by atoms with Crippen LogP contribution in [0.4, 0.5) is 15.2 Å². The first kappa shape index (κ1) is 23.4. The molecule has 0 spiro atoms. The van der Waals surface area contributed by atoms with Gasteiger partial charge in [-0.1, -0.05) is 32.0 Å². The number of ether oxygens (including phenoxy) is 2. The van der Waals surface area contributed by atoms with E-state index in [0.29, 0.717) is 22.5 Å². The Kier molecular flexibility index (Phi) is 7.58. The lowest BCUT2D eigenvalue weighted by Crippen LogP contribution is -2.23. The van der Waals surface area contributed by atoms with E-state index in [4.69, 9.17) is 9.47 Å². The molecule has 3 rings (SSSR count). The summed E-state index contributed by atoms with van der Waals surface area (Å²) in [6, 6.07) is 11.7. The number of para-hydroxylation sites is 1. The second-order valence-electron chi connectivity index (χ2n) is 7.55. The summed E-state index contributed by atoms with van der Waals surface area (Å²) in [4.78, 5) is 29.7. The van der Waals surface area contributed by atoms with Crippen molar-refractivity contribution in [3.63, 3.8) is 0 Å². The Balaban J connectivity index is 1.57. The number of carbonyl (C=O) groups is 2. The molecule has 32 heavy (non-hydrogen) atoms. The minimum atomic E-state index is -0.539. The van der Waals surface area contributed by atoms with Crippen LogP contribution in [0.15, 0.2) is 47.8 Å². The molecule has 0 fully saturated rings. The van der Waals surface area contributed by atoms with Crippen molar-refractivity contribution in [2.45, 2.75) is 40.2 Å². The number of rotatable bonds is 8. The first-order chi connectivity index (χ1) is 15.3. The van der Waals surface area contributed by atoms with Crippen LogP contribution in [-0.4, -0.2) is 23.5 Å². The summed E-state index contributed by atoms with van der Waals surface area (Å²) in [5.41, 5.74) is 2.91. The Bertz CT molecular complexity index is 1110. The standard InChI is InChI=1S/C24H25FN2O4S/c1-15(2)20-10-9-19(11-16(20)3)30-13-23(29)31-12-18-14-32-24(26-18)27(17(4)28)22-8-6-5-7-21(22)25/h5-11,14-15H,12-13H2,1-4H3. The molecule has 1 aromatic heterocycles. The first-order valence-corrected chi connectivity index (χ1v) is 11.0. The zero-order valence-electron chi connectivity index (χ0n) is 18.4. The number of carbonyl (C=O) groups excluding carboxylic acids is 2. The Labute approximate surface area is 190 Å². The molecular weight excluding hydrogens is 431 g/mol. The van der Waals surface area contributed by atoms with Crippen LogP contribution in [-0.2, 0) is 20.9 Å². The number of thiazole rings is 1. The van der Waals surface area contributed by atoms with E-state index in [1.807, 2.05) is 25.1 Å². The second kappa shape index (κ2) is 10.4. The summed E-state index contributed by atoms with van der Waals surface area (Å²) in [5, 5.41) is 1.96. The summed E-state index contributed by atoms with van der Waals surface area (Å²) >= 11 is 1.16. The molecule has 168 valence electrons. The molecule has 8 heteroatoms. The SMILES string of the molecule is CC(=O)N(c1nc(COC(=O)COc2ccc(C(C)C)c(C)c2)cs1)c1ccccc1F. The molecule has 0 atom stereocenters. The highest BCUT2D eigenvalue weighted by atomic mass is 32.1. The maximum atomic E-state index is 14.2. The Morgan fingerprint density at radius 3 is 2.59 bits per heavy atom. The lowest BCUT2D eigenvalue weighted by atomic mass is 9.98. The van der Waals surface area contributed by atoms with Crippen LogP contribution in [0.1, 0.15) is 43.5 Å². The van der Waals surface area contributed by atoms with Crippen molar-refractivity contribution >= 4 is 34.0 Å². The van der Waals surface area contributed by atoms with Gasteiger partial charge in [0, 0.05) is 12.3 Å². The fraction of sp³-hybridized carbons (Fsp3) is 0.292. The Morgan fingerprint density at radius 2 is 1.94 bits per heavy atom. The zero-order chi connectivity index (χ0) is 23.3. The highest BCUT2D eigenvalue weighted by Gasteiger charge is 2.21. The van der Waals surface area contributed by atoms with Gasteiger partial charge in [-0.25, -0.2) is 14.2 Å². The third-order valence-corrected chi connectivity index (χ3v) is 5.61. The highest BCUT2D eigenvalue weighted by Crippen LogP contribution is 2.31. The highest BCUT2D eigenvalue weighted by molar-refractivity contribution is 7.14. The quantitative estimate of drug-likeness (QED) is 0.418. The van der Waals surface area contributed by atoms with Gasteiger partial charge in [-0.2, -0.15) is 0 Å². The molecule has 0 aliphatic carbocycles. The largest absolute Gasteiger partial charge is 0.482 e. The molecule has 2 aromatic carbocycles. The molecule has 0 aliphatic heterocycles. The van der Waals surface area contributed by atoms with E-state index in [9.17, 15) is 14.0 Å². The van der Waals surface area contributed by atoms with Crippen LogP contribution in [0.3, 0.4) is 0 Å². The number of anilines is 2. The normalized spacial score (nSPS) is 10.8. The molecule has 6 nitrogen and oxygen atoms in total. The molecule has 3 aromatic rings. The molecule has 0 bridgehead atoms. The topological polar surface area (TPSA) is 68.7 Å². The van der Waals surface area contributed by atoms with Crippen molar-refractivity contribution in [2.24, 2.45) is 0 Å². The van der Waals surface area contributed by atoms with Gasteiger partial charge >= 0.3 is 5.97 Å². The van der Waals surface area contributed by atoms with Crippen LogP contribution >= 0.6 is 11.3 Å². The minimum Gasteiger partial charge on any atom is -0.482 e. The predicted octanol–water partition coefficient (Wildman–Crippen LogP) is 5.52.